The van der Waals surface area contributed by atoms with Crippen LogP contribution >= 0.6 is 0 Å². The highest BCUT2D eigenvalue weighted by molar-refractivity contribution is 6.03. The number of nitrogens with two attached hydrogens (primary N) is 2. The van der Waals surface area contributed by atoms with Crippen molar-refractivity contribution in [2.75, 3.05) is 13.1 Å². The van der Waals surface area contributed by atoms with E-state index in [1.807, 2.05) is 0 Å². The number of hydrogen-bond acceptors (Lipinski definition) is 6. The Kier molecular flexibility index (Phi) is 8.75. The Labute approximate surface area is 174 Å². The van der Waals surface area contributed by atoms with Crippen molar-refractivity contribution in [3.05, 3.63) is 35.9 Å². The van der Waals surface area contributed by atoms with Gasteiger partial charge in [-0.3, -0.25) is 19.5 Å². The molecule has 1 saturated heterocycles. The van der Waals surface area contributed by atoms with Gasteiger partial charge in [0.25, 0.3) is 5.91 Å². The van der Waals surface area contributed by atoms with E-state index in [1.165, 1.54) is 0 Å². The van der Waals surface area contributed by atoms with Crippen LogP contribution in [0.1, 0.15) is 43.8 Å². The van der Waals surface area contributed by atoms with Crippen LogP contribution in [0.5, 0.6) is 0 Å². The monoisotopic (exact) mass is 419 g/mol. The van der Waals surface area contributed by atoms with Gasteiger partial charge in [-0.05, 0) is 37.8 Å². The number of guanidine groups is 1. The molecule has 0 bridgehead atoms. The number of benzene rings is 1. The second-order valence-electron chi connectivity index (χ2n) is 7.17. The second kappa shape index (κ2) is 11.3. The number of carboxylic acid groups (broad SMARTS) is 1. The van der Waals surface area contributed by atoms with E-state index in [-0.39, 0.29) is 30.9 Å². The Morgan fingerprint density at radius 1 is 1.20 bits per heavy atom. The lowest BCUT2D eigenvalue weighted by molar-refractivity contribution is -0.163. The predicted octanol–water partition coefficient (Wildman–Crippen LogP) is -0.276. The molecule has 1 fully saturated rings. The summed E-state index contributed by atoms with van der Waals surface area (Å²) in [5, 5.41) is 23.4. The van der Waals surface area contributed by atoms with Crippen molar-refractivity contribution in [3.8, 4) is 0 Å². The minimum Gasteiger partial charge on any atom is -0.480 e. The molecule has 164 valence electrons. The van der Waals surface area contributed by atoms with Crippen LogP contribution < -0.4 is 16.8 Å². The Morgan fingerprint density at radius 2 is 1.90 bits per heavy atom. The molecule has 0 saturated carbocycles. The van der Waals surface area contributed by atoms with E-state index in [0.717, 1.165) is 12.8 Å². The zero-order valence-corrected chi connectivity index (χ0v) is 16.7. The summed E-state index contributed by atoms with van der Waals surface area (Å²) in [5.74, 6) is -3.08. The first kappa shape index (κ1) is 23.3. The van der Waals surface area contributed by atoms with Gasteiger partial charge in [0.05, 0.1) is 6.04 Å². The first-order valence-corrected chi connectivity index (χ1v) is 9.94. The van der Waals surface area contributed by atoms with Gasteiger partial charge in [-0.15, -0.1) is 0 Å². The van der Waals surface area contributed by atoms with Gasteiger partial charge < -0.3 is 27.0 Å². The summed E-state index contributed by atoms with van der Waals surface area (Å²) < 4.78 is 0. The molecule has 10 heteroatoms. The third kappa shape index (κ3) is 6.26. The minimum atomic E-state index is -1.65. The summed E-state index contributed by atoms with van der Waals surface area (Å²) >= 11 is 0. The maximum absolute atomic E-state index is 13.2. The molecule has 1 heterocycles. The molecular formula is C20H29N5O5. The number of carbonyl (C=O) groups excluding carboxylic acids is 2. The molecule has 2 amide bonds. The van der Waals surface area contributed by atoms with E-state index in [1.54, 1.807) is 30.3 Å². The molecule has 2 rings (SSSR count). The number of imide groups is 1. The number of nitrogens with one attached hydrogen (secondary N) is 1. The first-order valence-electron chi connectivity index (χ1n) is 9.94. The van der Waals surface area contributed by atoms with E-state index < -0.39 is 36.0 Å². The number of hydrogen-bond donors (Lipinski definition) is 5. The molecule has 30 heavy (non-hydrogen) atoms. The lowest BCUT2D eigenvalue weighted by atomic mass is 10.00. The number of aliphatic hydroxyl groups is 1. The summed E-state index contributed by atoms with van der Waals surface area (Å²) in [6, 6.07) is 5.97. The van der Waals surface area contributed by atoms with Crippen LogP contribution in [-0.4, -0.2) is 64.0 Å². The summed E-state index contributed by atoms with van der Waals surface area (Å²) in [6.45, 7) is 0.757. The van der Waals surface area contributed by atoms with Gasteiger partial charge in [0, 0.05) is 6.54 Å². The fourth-order valence-corrected chi connectivity index (χ4v) is 3.41. The molecule has 0 aromatic heterocycles. The highest BCUT2D eigenvalue weighted by atomic mass is 16.4. The highest BCUT2D eigenvalue weighted by Gasteiger charge is 2.40. The fraction of sp³-hybridized carbons (Fsp3) is 0.500. The highest BCUT2D eigenvalue weighted by Crippen LogP contribution is 2.22. The SMILES string of the molecule is NC(N)=NCCC[C@@H](C(=O)O)N(C(=O)C1CCCCN1)C(=O)C(O)c1ccccc1. The Balaban J connectivity index is 2.29. The van der Waals surface area contributed by atoms with E-state index in [2.05, 4.69) is 10.3 Å². The van der Waals surface area contributed by atoms with E-state index in [9.17, 15) is 24.6 Å². The molecule has 0 aliphatic carbocycles. The van der Waals surface area contributed by atoms with Gasteiger partial charge in [0.2, 0.25) is 5.91 Å². The van der Waals surface area contributed by atoms with Crippen molar-refractivity contribution in [1.82, 2.24) is 10.2 Å². The predicted molar refractivity (Wildman–Crippen MR) is 110 cm³/mol. The topological polar surface area (TPSA) is 171 Å². The van der Waals surface area contributed by atoms with Crippen molar-refractivity contribution < 1.29 is 24.6 Å². The van der Waals surface area contributed by atoms with Crippen LogP contribution in [0.15, 0.2) is 35.3 Å². The smallest absolute Gasteiger partial charge is 0.326 e. The molecular weight excluding hydrogens is 390 g/mol. The number of amides is 2. The van der Waals surface area contributed by atoms with Crippen molar-refractivity contribution in [2.45, 2.75) is 50.3 Å². The van der Waals surface area contributed by atoms with Gasteiger partial charge in [0.1, 0.15) is 6.04 Å². The fourth-order valence-electron chi connectivity index (χ4n) is 3.41. The molecule has 0 spiro atoms. The Bertz CT molecular complexity index is 760. The Hall–Kier alpha value is -2.98. The molecule has 1 aromatic carbocycles. The van der Waals surface area contributed by atoms with E-state index >= 15 is 0 Å². The molecule has 3 atom stereocenters. The average molecular weight is 419 g/mol. The van der Waals surface area contributed by atoms with Crippen molar-refractivity contribution >= 4 is 23.7 Å². The number of aliphatic imine (C=N–C) groups is 1. The van der Waals surface area contributed by atoms with Crippen LogP contribution in [0.3, 0.4) is 0 Å². The lowest BCUT2D eigenvalue weighted by Gasteiger charge is -2.33. The standard InChI is InChI=1S/C20H29N5O5/c21-20(22)24-12-6-10-15(19(29)30)25(17(27)14-9-4-5-11-23-14)18(28)16(26)13-7-2-1-3-8-13/h1-3,7-8,14-16,23,26H,4-6,9-12H2,(H,29,30)(H4,21,22,24)/t14?,15-,16?/m0/s1. The lowest BCUT2D eigenvalue weighted by Crippen LogP contribution is -2.57. The summed E-state index contributed by atoms with van der Waals surface area (Å²) in [4.78, 5) is 42.8. The number of carbonyl (C=O) groups is 3. The molecule has 10 nitrogen and oxygen atoms in total. The van der Waals surface area contributed by atoms with Gasteiger partial charge >= 0.3 is 5.97 Å². The molecule has 7 N–H and O–H groups in total. The van der Waals surface area contributed by atoms with Crippen molar-refractivity contribution in [2.24, 2.45) is 16.5 Å². The van der Waals surface area contributed by atoms with Gasteiger partial charge in [-0.2, -0.15) is 0 Å². The number of rotatable bonds is 9. The maximum atomic E-state index is 13.2. The van der Waals surface area contributed by atoms with Crippen molar-refractivity contribution in [1.29, 1.82) is 0 Å². The second-order valence-corrected chi connectivity index (χ2v) is 7.17. The summed E-state index contributed by atoms with van der Waals surface area (Å²) in [7, 11) is 0. The molecule has 1 aromatic rings. The average Bonchev–Trinajstić information content (AvgIpc) is 2.75. The third-order valence-electron chi connectivity index (χ3n) is 4.96. The molecule has 0 radical (unpaired) electrons. The first-order chi connectivity index (χ1) is 14.3. The molecule has 2 unspecified atom stereocenters. The van der Waals surface area contributed by atoms with Crippen LogP contribution in [0.25, 0.3) is 0 Å². The zero-order chi connectivity index (χ0) is 22.1. The number of carboxylic acids is 1. The van der Waals surface area contributed by atoms with E-state index in [4.69, 9.17) is 11.5 Å². The largest absolute Gasteiger partial charge is 0.480 e. The minimum absolute atomic E-state index is 0.0438. The molecule has 1 aliphatic heterocycles. The van der Waals surface area contributed by atoms with Crippen LogP contribution in [0, 0.1) is 0 Å². The third-order valence-corrected chi connectivity index (χ3v) is 4.96. The number of aliphatic hydroxyl groups excluding tert-OH is 1. The number of nitrogens with zero attached hydrogens (tertiary/aromatic N) is 2. The number of piperidine rings is 1. The van der Waals surface area contributed by atoms with Crippen molar-refractivity contribution in [3.63, 3.8) is 0 Å². The van der Waals surface area contributed by atoms with Crippen LogP contribution in [0.2, 0.25) is 0 Å². The van der Waals surface area contributed by atoms with Gasteiger partial charge in [-0.25, -0.2) is 4.79 Å². The zero-order valence-electron chi connectivity index (χ0n) is 16.7. The maximum Gasteiger partial charge on any atom is 0.326 e. The van der Waals surface area contributed by atoms with Gasteiger partial charge in [-0.1, -0.05) is 36.8 Å². The Morgan fingerprint density at radius 3 is 2.47 bits per heavy atom. The quantitative estimate of drug-likeness (QED) is 0.207. The van der Waals surface area contributed by atoms with Crippen LogP contribution in [0.4, 0.5) is 0 Å². The normalized spacial score (nSPS) is 18.1. The van der Waals surface area contributed by atoms with Gasteiger partial charge in [0.15, 0.2) is 12.1 Å². The molecule has 1 aliphatic rings. The number of aliphatic carboxylic acids is 1. The summed E-state index contributed by atoms with van der Waals surface area (Å²) in [6.07, 6.45) is 0.715. The van der Waals surface area contributed by atoms with E-state index in [0.29, 0.717) is 17.9 Å². The summed E-state index contributed by atoms with van der Waals surface area (Å²) in [5.41, 5.74) is 10.8. The van der Waals surface area contributed by atoms with Crippen LogP contribution in [-0.2, 0) is 14.4 Å².